The Bertz CT molecular complexity index is 790. The van der Waals surface area contributed by atoms with E-state index in [1.165, 1.54) is 16.8 Å². The van der Waals surface area contributed by atoms with E-state index in [0.29, 0.717) is 51.3 Å². The molecule has 0 bridgehead atoms. The summed E-state index contributed by atoms with van der Waals surface area (Å²) in [6.07, 6.45) is 0.799. The molecule has 10 nitrogen and oxygen atoms in total. The van der Waals surface area contributed by atoms with Gasteiger partial charge in [0.05, 0.1) is 13.2 Å². The molecule has 1 aliphatic rings. The number of nitrogens with one attached hydrogen (secondary N) is 1. The highest BCUT2D eigenvalue weighted by Crippen LogP contribution is 2.19. The summed E-state index contributed by atoms with van der Waals surface area (Å²) in [7, 11) is 0. The van der Waals surface area contributed by atoms with E-state index in [-0.39, 0.29) is 17.4 Å². The highest BCUT2D eigenvalue weighted by atomic mass is 16.5. The summed E-state index contributed by atoms with van der Waals surface area (Å²) in [4.78, 5) is 26.9. The fourth-order valence-electron chi connectivity index (χ4n) is 2.48. The normalized spacial score (nSPS) is 14.3. The Morgan fingerprint density at radius 3 is 2.73 bits per heavy atom. The first-order chi connectivity index (χ1) is 12.7. The minimum atomic E-state index is -0.169. The lowest BCUT2D eigenvalue weighted by Gasteiger charge is -2.26. The second kappa shape index (κ2) is 8.56. The molecule has 3 heterocycles. The number of morpholine rings is 1. The van der Waals surface area contributed by atoms with Gasteiger partial charge in [-0.25, -0.2) is 4.68 Å². The van der Waals surface area contributed by atoms with Gasteiger partial charge in [-0.05, 0) is 13.3 Å². The molecular formula is C16H23N7O3. The van der Waals surface area contributed by atoms with Crippen molar-refractivity contribution < 1.29 is 9.47 Å². The Balaban J connectivity index is 1.87. The van der Waals surface area contributed by atoms with E-state index in [1.807, 2.05) is 18.7 Å². The maximum absolute atomic E-state index is 11.8. The van der Waals surface area contributed by atoms with Gasteiger partial charge in [-0.3, -0.25) is 4.79 Å². The van der Waals surface area contributed by atoms with Crippen molar-refractivity contribution in [1.29, 1.82) is 0 Å². The molecule has 140 valence electrons. The Morgan fingerprint density at radius 2 is 2.00 bits per heavy atom. The first-order valence-corrected chi connectivity index (χ1v) is 8.78. The first kappa shape index (κ1) is 18.1. The average molecular weight is 361 g/mol. The van der Waals surface area contributed by atoms with Crippen LogP contribution in [0, 0.1) is 0 Å². The fourth-order valence-corrected chi connectivity index (χ4v) is 2.48. The van der Waals surface area contributed by atoms with E-state index in [0.717, 1.165) is 6.42 Å². The molecule has 1 saturated heterocycles. The molecule has 3 rings (SSSR count). The number of hydrogen-bond acceptors (Lipinski definition) is 9. The van der Waals surface area contributed by atoms with Crippen LogP contribution in [0.1, 0.15) is 20.3 Å². The molecule has 1 N–H and O–H groups in total. The van der Waals surface area contributed by atoms with Crippen molar-refractivity contribution in [2.24, 2.45) is 0 Å². The molecule has 0 spiro atoms. The predicted molar refractivity (Wildman–Crippen MR) is 95.9 cm³/mol. The lowest BCUT2D eigenvalue weighted by molar-refractivity contribution is 0.122. The van der Waals surface area contributed by atoms with Crippen molar-refractivity contribution in [2.75, 3.05) is 43.1 Å². The second-order valence-electron chi connectivity index (χ2n) is 5.71. The molecule has 2 aromatic heterocycles. The number of nitrogens with zero attached hydrogens (tertiary/aromatic N) is 6. The number of aromatic nitrogens is 5. The van der Waals surface area contributed by atoms with E-state index in [1.54, 1.807) is 0 Å². The van der Waals surface area contributed by atoms with Crippen molar-refractivity contribution >= 4 is 11.9 Å². The molecule has 0 aliphatic carbocycles. The zero-order valence-corrected chi connectivity index (χ0v) is 15.0. The zero-order chi connectivity index (χ0) is 18.4. The van der Waals surface area contributed by atoms with Crippen LogP contribution in [0.2, 0.25) is 0 Å². The van der Waals surface area contributed by atoms with Crippen molar-refractivity contribution in [3.63, 3.8) is 0 Å². The van der Waals surface area contributed by atoms with Gasteiger partial charge in [-0.15, -0.1) is 5.10 Å². The lowest BCUT2D eigenvalue weighted by atomic mass is 10.4. The first-order valence-electron chi connectivity index (χ1n) is 8.78. The number of ether oxygens (including phenoxy) is 2. The topological polar surface area (TPSA) is 107 Å². The quantitative estimate of drug-likeness (QED) is 0.769. The summed E-state index contributed by atoms with van der Waals surface area (Å²) < 4.78 is 12.4. The van der Waals surface area contributed by atoms with Crippen LogP contribution in [-0.4, -0.2) is 57.6 Å². The van der Waals surface area contributed by atoms with Gasteiger partial charge in [0.15, 0.2) is 0 Å². The summed E-state index contributed by atoms with van der Waals surface area (Å²) in [6, 6.07) is 3.07. The molecule has 2 aromatic rings. The summed E-state index contributed by atoms with van der Waals surface area (Å²) in [5.74, 6) is 1.22. The molecule has 10 heteroatoms. The van der Waals surface area contributed by atoms with Crippen LogP contribution in [-0.2, 0) is 11.3 Å². The third kappa shape index (κ3) is 4.45. The minimum absolute atomic E-state index is 0.131. The van der Waals surface area contributed by atoms with Crippen molar-refractivity contribution in [1.82, 2.24) is 24.7 Å². The summed E-state index contributed by atoms with van der Waals surface area (Å²) >= 11 is 0. The molecule has 1 aliphatic heterocycles. The molecule has 26 heavy (non-hydrogen) atoms. The van der Waals surface area contributed by atoms with Gasteiger partial charge in [0.1, 0.15) is 0 Å². The number of anilines is 2. The van der Waals surface area contributed by atoms with Crippen LogP contribution in [0.4, 0.5) is 11.9 Å². The highest BCUT2D eigenvalue weighted by molar-refractivity contribution is 5.39. The predicted octanol–water partition coefficient (Wildman–Crippen LogP) is 0.899. The van der Waals surface area contributed by atoms with Crippen molar-refractivity contribution in [3.05, 3.63) is 22.5 Å². The minimum Gasteiger partial charge on any atom is -0.403 e. The van der Waals surface area contributed by atoms with Gasteiger partial charge >= 0.3 is 6.01 Å². The number of aryl methyl sites for hydroxylation is 1. The molecule has 0 atom stereocenters. The molecule has 0 unspecified atom stereocenters. The van der Waals surface area contributed by atoms with Crippen LogP contribution in [0.3, 0.4) is 0 Å². The monoisotopic (exact) mass is 361 g/mol. The molecular weight excluding hydrogens is 338 g/mol. The molecule has 0 saturated carbocycles. The summed E-state index contributed by atoms with van der Waals surface area (Å²) in [5.41, 5.74) is -0.169. The number of hydrogen-bond donors (Lipinski definition) is 1. The summed E-state index contributed by atoms with van der Waals surface area (Å²) in [5, 5.41) is 7.28. The third-order valence-electron chi connectivity index (χ3n) is 3.71. The van der Waals surface area contributed by atoms with Crippen LogP contribution in [0.5, 0.6) is 11.9 Å². The van der Waals surface area contributed by atoms with Crippen molar-refractivity contribution in [2.45, 2.75) is 26.8 Å². The van der Waals surface area contributed by atoms with Gasteiger partial charge in [-0.2, -0.15) is 15.0 Å². The molecule has 0 aromatic carbocycles. The Hall–Kier alpha value is -2.75. The Labute approximate surface area is 151 Å². The largest absolute Gasteiger partial charge is 0.403 e. The van der Waals surface area contributed by atoms with E-state index in [2.05, 4.69) is 25.4 Å². The van der Waals surface area contributed by atoms with E-state index >= 15 is 0 Å². The average Bonchev–Trinajstić information content (AvgIpc) is 2.65. The molecule has 0 amide bonds. The zero-order valence-electron chi connectivity index (χ0n) is 15.0. The van der Waals surface area contributed by atoms with Crippen LogP contribution in [0.25, 0.3) is 0 Å². The Morgan fingerprint density at radius 1 is 1.19 bits per heavy atom. The maximum Gasteiger partial charge on any atom is 0.330 e. The smallest absolute Gasteiger partial charge is 0.330 e. The number of rotatable bonds is 7. The molecule has 1 fully saturated rings. The second-order valence-corrected chi connectivity index (χ2v) is 5.71. The highest BCUT2D eigenvalue weighted by Gasteiger charge is 2.17. The van der Waals surface area contributed by atoms with E-state index in [9.17, 15) is 4.79 Å². The van der Waals surface area contributed by atoms with Gasteiger partial charge in [0.25, 0.3) is 5.56 Å². The van der Waals surface area contributed by atoms with E-state index in [4.69, 9.17) is 9.47 Å². The van der Waals surface area contributed by atoms with E-state index < -0.39 is 0 Å². The SMILES string of the molecule is CCCn1nc(Oc2nc(NCC)nc(N3CCOCC3)n2)ccc1=O. The standard InChI is InChI=1S/C16H23N7O3/c1-3-7-23-13(24)6-5-12(21-23)26-16-19-14(17-4-2)18-15(20-16)22-8-10-25-11-9-22/h5-6H,3-4,7-11H2,1-2H3,(H,17,18,19,20). The van der Waals surface area contributed by atoms with Crippen molar-refractivity contribution in [3.8, 4) is 11.9 Å². The van der Waals surface area contributed by atoms with Crippen LogP contribution in [0.15, 0.2) is 16.9 Å². The van der Waals surface area contributed by atoms with Gasteiger partial charge < -0.3 is 19.7 Å². The van der Waals surface area contributed by atoms with Gasteiger partial charge in [0, 0.05) is 38.3 Å². The fraction of sp³-hybridized carbons (Fsp3) is 0.562. The van der Waals surface area contributed by atoms with Gasteiger partial charge in [-0.1, -0.05) is 6.92 Å². The van der Waals surface area contributed by atoms with Gasteiger partial charge in [0.2, 0.25) is 17.8 Å². The van der Waals surface area contributed by atoms with Crippen LogP contribution >= 0.6 is 0 Å². The third-order valence-corrected chi connectivity index (χ3v) is 3.71. The lowest BCUT2D eigenvalue weighted by Crippen LogP contribution is -2.37. The summed E-state index contributed by atoms with van der Waals surface area (Å²) in [6.45, 7) is 7.79. The van der Waals surface area contributed by atoms with Crippen LogP contribution < -0.4 is 20.5 Å². The molecule has 0 radical (unpaired) electrons. The maximum atomic E-state index is 11.8. The Kier molecular flexibility index (Phi) is 5.95.